The van der Waals surface area contributed by atoms with Gasteiger partial charge < -0.3 is 5.32 Å². The summed E-state index contributed by atoms with van der Waals surface area (Å²) in [6.07, 6.45) is 3.75. The monoisotopic (exact) mass is 287 g/mol. The molecule has 1 nitrogen and oxygen atoms in total. The predicted octanol–water partition coefficient (Wildman–Crippen LogP) is 4.16. The van der Waals surface area contributed by atoms with Gasteiger partial charge in [-0.05, 0) is 49.4 Å². The average molecular weight is 288 g/mol. The first-order valence-corrected chi connectivity index (χ1v) is 7.19. The second-order valence-electron chi connectivity index (χ2n) is 5.61. The van der Waals surface area contributed by atoms with Crippen LogP contribution in [0.3, 0.4) is 0 Å². The molecule has 2 aliphatic heterocycles. The third kappa shape index (κ3) is 2.52. The van der Waals surface area contributed by atoms with Crippen LogP contribution in [-0.2, 0) is 6.42 Å². The molecule has 2 unspecified atom stereocenters. The van der Waals surface area contributed by atoms with Crippen LogP contribution in [0.4, 0.5) is 4.39 Å². The van der Waals surface area contributed by atoms with Crippen molar-refractivity contribution < 1.29 is 4.39 Å². The topological polar surface area (TPSA) is 12.0 Å². The Balaban J connectivity index is 1.81. The predicted molar refractivity (Wildman–Crippen MR) is 73.2 cm³/mol. The Hall–Kier alpha value is -0.310. The third-order valence-corrected chi connectivity index (χ3v) is 4.68. The maximum absolute atomic E-state index is 15.0. The van der Waals surface area contributed by atoms with Gasteiger partial charge in [-0.25, -0.2) is 4.39 Å². The lowest BCUT2D eigenvalue weighted by Gasteiger charge is -2.35. The smallest absolute Gasteiger partial charge is 0.118 e. The van der Waals surface area contributed by atoms with Crippen molar-refractivity contribution in [1.29, 1.82) is 0 Å². The van der Waals surface area contributed by atoms with Gasteiger partial charge in [0.2, 0.25) is 0 Å². The molecule has 98 valence electrons. The molecule has 0 aliphatic carbocycles. The lowest BCUT2D eigenvalue weighted by atomic mass is 9.84. The molecule has 2 aliphatic rings. The van der Waals surface area contributed by atoms with Crippen LogP contribution in [0, 0.1) is 0 Å². The molecular formula is C14H16Cl2FN. The molecule has 3 rings (SSSR count). The lowest BCUT2D eigenvalue weighted by molar-refractivity contribution is 0.0894. The maximum atomic E-state index is 15.0. The molecule has 4 heteroatoms. The van der Waals surface area contributed by atoms with Gasteiger partial charge in [0.05, 0.1) is 0 Å². The number of fused-ring (bicyclic) bond motifs is 2. The second-order valence-corrected chi connectivity index (χ2v) is 6.45. The fourth-order valence-corrected chi connectivity index (χ4v) is 3.73. The number of hydrogen-bond donors (Lipinski definition) is 1. The summed E-state index contributed by atoms with van der Waals surface area (Å²) in [6.45, 7) is 0. The number of hydrogen-bond acceptors (Lipinski definition) is 1. The van der Waals surface area contributed by atoms with Crippen LogP contribution >= 0.6 is 23.2 Å². The van der Waals surface area contributed by atoms with Crippen molar-refractivity contribution in [3.05, 3.63) is 33.8 Å². The summed E-state index contributed by atoms with van der Waals surface area (Å²) in [4.78, 5) is 0. The maximum Gasteiger partial charge on any atom is 0.118 e. The van der Waals surface area contributed by atoms with Crippen LogP contribution < -0.4 is 5.32 Å². The minimum absolute atomic E-state index is 0.340. The van der Waals surface area contributed by atoms with Crippen molar-refractivity contribution in [1.82, 2.24) is 5.32 Å². The van der Waals surface area contributed by atoms with Crippen LogP contribution in [-0.4, -0.2) is 17.8 Å². The highest BCUT2D eigenvalue weighted by atomic mass is 35.5. The second kappa shape index (κ2) is 4.66. The van der Waals surface area contributed by atoms with E-state index in [-0.39, 0.29) is 0 Å². The molecule has 0 radical (unpaired) electrons. The van der Waals surface area contributed by atoms with E-state index in [9.17, 15) is 4.39 Å². The molecule has 2 atom stereocenters. The Bertz CT molecular complexity index is 451. The normalized spacial score (nSPS) is 34.8. The number of alkyl halides is 1. The Morgan fingerprint density at radius 2 is 1.89 bits per heavy atom. The molecular weight excluding hydrogens is 272 g/mol. The summed E-state index contributed by atoms with van der Waals surface area (Å²) in [5.41, 5.74) is -0.307. The first-order valence-electron chi connectivity index (χ1n) is 6.43. The zero-order chi connectivity index (χ0) is 12.8. The molecule has 0 aromatic heterocycles. The van der Waals surface area contributed by atoms with Gasteiger partial charge in [-0.15, -0.1) is 0 Å². The molecule has 1 N–H and O–H groups in total. The molecule has 2 saturated heterocycles. The molecule has 1 aromatic rings. The Labute approximate surface area is 117 Å². The zero-order valence-corrected chi connectivity index (χ0v) is 11.6. The van der Waals surface area contributed by atoms with Crippen molar-refractivity contribution in [3.8, 4) is 0 Å². The van der Waals surface area contributed by atoms with E-state index in [1.165, 1.54) is 0 Å². The number of halogens is 3. The number of piperidine rings is 1. The van der Waals surface area contributed by atoms with Gasteiger partial charge in [0.15, 0.2) is 0 Å². The van der Waals surface area contributed by atoms with E-state index < -0.39 is 5.67 Å². The quantitative estimate of drug-likeness (QED) is 0.861. The van der Waals surface area contributed by atoms with Crippen molar-refractivity contribution in [3.63, 3.8) is 0 Å². The van der Waals surface area contributed by atoms with Gasteiger partial charge in [-0.2, -0.15) is 0 Å². The molecule has 18 heavy (non-hydrogen) atoms. The van der Waals surface area contributed by atoms with Gasteiger partial charge >= 0.3 is 0 Å². The summed E-state index contributed by atoms with van der Waals surface area (Å²) < 4.78 is 15.0. The van der Waals surface area contributed by atoms with Gasteiger partial charge in [-0.3, -0.25) is 0 Å². The number of benzene rings is 1. The summed E-state index contributed by atoms with van der Waals surface area (Å²) in [5.74, 6) is 0. The minimum Gasteiger partial charge on any atom is -0.311 e. The van der Waals surface area contributed by atoms with Crippen molar-refractivity contribution >= 4 is 23.2 Å². The molecule has 1 aromatic carbocycles. The molecule has 2 bridgehead atoms. The standard InChI is InChI=1S/C14H16Cl2FN/c15-10-1-4-13(16)9(5-10)6-14(17)7-11-2-3-12(8-14)18-11/h1,4-5,11-12,18H,2-3,6-8H2. The molecule has 0 saturated carbocycles. The van der Waals surface area contributed by atoms with Crippen LogP contribution in [0.25, 0.3) is 0 Å². The highest BCUT2D eigenvalue weighted by Crippen LogP contribution is 2.40. The van der Waals surface area contributed by atoms with E-state index >= 15 is 0 Å². The van der Waals surface area contributed by atoms with E-state index in [0.29, 0.717) is 41.4 Å². The van der Waals surface area contributed by atoms with E-state index in [4.69, 9.17) is 23.2 Å². The lowest BCUT2D eigenvalue weighted by Crippen LogP contribution is -2.47. The molecule has 2 heterocycles. The van der Waals surface area contributed by atoms with E-state index in [0.717, 1.165) is 18.4 Å². The first kappa shape index (κ1) is 12.7. The SMILES string of the molecule is FC1(Cc2cc(Cl)ccc2Cl)CC2CCC(C1)N2. The van der Waals surface area contributed by atoms with Crippen LogP contribution in [0.1, 0.15) is 31.2 Å². The fourth-order valence-electron chi connectivity index (χ4n) is 3.36. The average Bonchev–Trinajstić information content (AvgIpc) is 2.64. The fraction of sp³-hybridized carbons (Fsp3) is 0.571. The minimum atomic E-state index is -1.13. The van der Waals surface area contributed by atoms with Crippen LogP contribution in [0.5, 0.6) is 0 Å². The first-order chi connectivity index (χ1) is 8.54. The van der Waals surface area contributed by atoms with E-state index in [2.05, 4.69) is 5.32 Å². The van der Waals surface area contributed by atoms with Crippen LogP contribution in [0.15, 0.2) is 18.2 Å². The van der Waals surface area contributed by atoms with Gasteiger partial charge in [0, 0.05) is 28.5 Å². The van der Waals surface area contributed by atoms with Crippen LogP contribution in [0.2, 0.25) is 10.0 Å². The number of rotatable bonds is 2. The zero-order valence-electron chi connectivity index (χ0n) is 10.1. The van der Waals surface area contributed by atoms with Crippen molar-refractivity contribution in [2.75, 3.05) is 0 Å². The summed E-state index contributed by atoms with van der Waals surface area (Å²) in [5, 5.41) is 4.69. The van der Waals surface area contributed by atoms with Gasteiger partial charge in [-0.1, -0.05) is 23.2 Å². The Morgan fingerprint density at radius 1 is 1.22 bits per heavy atom. The summed E-state index contributed by atoms with van der Waals surface area (Å²) >= 11 is 12.1. The van der Waals surface area contributed by atoms with Crippen molar-refractivity contribution in [2.45, 2.75) is 49.9 Å². The largest absolute Gasteiger partial charge is 0.311 e. The molecule has 0 spiro atoms. The summed E-state index contributed by atoms with van der Waals surface area (Å²) in [6, 6.07) is 5.95. The van der Waals surface area contributed by atoms with Crippen molar-refractivity contribution in [2.24, 2.45) is 0 Å². The van der Waals surface area contributed by atoms with E-state index in [1.54, 1.807) is 18.2 Å². The third-order valence-electron chi connectivity index (χ3n) is 4.07. The number of nitrogens with one attached hydrogen (secondary N) is 1. The molecule has 2 fully saturated rings. The van der Waals surface area contributed by atoms with Gasteiger partial charge in [0.1, 0.15) is 5.67 Å². The highest BCUT2D eigenvalue weighted by molar-refractivity contribution is 6.33. The van der Waals surface area contributed by atoms with Gasteiger partial charge in [0.25, 0.3) is 0 Å². The Morgan fingerprint density at radius 3 is 2.56 bits per heavy atom. The van der Waals surface area contributed by atoms with E-state index in [1.807, 2.05) is 0 Å². The molecule has 0 amide bonds. The highest BCUT2D eigenvalue weighted by Gasteiger charge is 2.44. The summed E-state index contributed by atoms with van der Waals surface area (Å²) in [7, 11) is 0. The Kier molecular flexibility index (Phi) is 3.29.